The van der Waals surface area contributed by atoms with Crippen LogP contribution in [0.2, 0.25) is 0 Å². The van der Waals surface area contributed by atoms with Crippen LogP contribution in [-0.4, -0.2) is 43.1 Å². The van der Waals surface area contributed by atoms with Crippen LogP contribution in [0.5, 0.6) is 0 Å². The van der Waals surface area contributed by atoms with Crippen molar-refractivity contribution in [2.24, 2.45) is 0 Å². The van der Waals surface area contributed by atoms with Gasteiger partial charge in [-0.25, -0.2) is 4.98 Å². The molecule has 0 bridgehead atoms. The van der Waals surface area contributed by atoms with Crippen LogP contribution < -0.4 is 10.6 Å². The van der Waals surface area contributed by atoms with Gasteiger partial charge in [0.25, 0.3) is 0 Å². The van der Waals surface area contributed by atoms with Crippen LogP contribution in [0.1, 0.15) is 18.4 Å². The summed E-state index contributed by atoms with van der Waals surface area (Å²) >= 11 is 0. The van der Waals surface area contributed by atoms with Gasteiger partial charge >= 0.3 is 0 Å². The first kappa shape index (κ1) is 12.2. The van der Waals surface area contributed by atoms with Crippen molar-refractivity contribution in [1.82, 2.24) is 9.88 Å². The quantitative estimate of drug-likeness (QED) is 0.861. The Bertz CT molecular complexity index is 389. The largest absolute Gasteiger partial charge is 0.397 e. The number of nitrogen functional groups attached to an aromatic ring is 1. The molecule has 0 amide bonds. The molecule has 1 aliphatic heterocycles. The monoisotopic (exact) mass is 234 g/mol. The van der Waals surface area contributed by atoms with E-state index in [4.69, 9.17) is 5.73 Å². The van der Waals surface area contributed by atoms with Crippen LogP contribution >= 0.6 is 0 Å². The molecule has 94 valence electrons. The van der Waals surface area contributed by atoms with Crippen molar-refractivity contribution in [3.63, 3.8) is 0 Å². The SMILES string of the molecule is Cc1cc(N)cnc1N1CCCC1CN(C)C. The lowest BCUT2D eigenvalue weighted by atomic mass is 10.2. The molecule has 0 saturated carbocycles. The summed E-state index contributed by atoms with van der Waals surface area (Å²) in [6.45, 7) is 4.28. The van der Waals surface area contributed by atoms with Gasteiger partial charge in [0.05, 0.1) is 11.9 Å². The number of rotatable bonds is 3. The Morgan fingerprint density at radius 2 is 2.29 bits per heavy atom. The number of aromatic nitrogens is 1. The van der Waals surface area contributed by atoms with Crippen molar-refractivity contribution >= 4 is 11.5 Å². The Morgan fingerprint density at radius 3 is 2.94 bits per heavy atom. The van der Waals surface area contributed by atoms with E-state index in [2.05, 4.69) is 35.8 Å². The molecular weight excluding hydrogens is 212 g/mol. The zero-order valence-corrected chi connectivity index (χ0v) is 11.0. The van der Waals surface area contributed by atoms with Crippen molar-refractivity contribution in [3.05, 3.63) is 17.8 Å². The van der Waals surface area contributed by atoms with Gasteiger partial charge in [-0.05, 0) is 45.5 Å². The Morgan fingerprint density at radius 1 is 1.53 bits per heavy atom. The average Bonchev–Trinajstić information content (AvgIpc) is 2.65. The lowest BCUT2D eigenvalue weighted by Crippen LogP contribution is -2.38. The van der Waals surface area contributed by atoms with Crippen LogP contribution in [0.4, 0.5) is 11.5 Å². The van der Waals surface area contributed by atoms with Crippen LogP contribution in [0.3, 0.4) is 0 Å². The molecule has 4 heteroatoms. The first-order chi connectivity index (χ1) is 8.08. The average molecular weight is 234 g/mol. The maximum Gasteiger partial charge on any atom is 0.131 e. The number of likely N-dealkylation sites (N-methyl/N-ethyl adjacent to an activating group) is 1. The molecule has 2 N–H and O–H groups in total. The third kappa shape index (κ3) is 2.69. The van der Waals surface area contributed by atoms with E-state index in [1.54, 1.807) is 6.20 Å². The molecule has 1 aliphatic rings. The normalized spacial score (nSPS) is 20.2. The number of anilines is 2. The Kier molecular flexibility index (Phi) is 3.52. The summed E-state index contributed by atoms with van der Waals surface area (Å²) in [5.74, 6) is 1.10. The maximum atomic E-state index is 5.75. The molecule has 0 spiro atoms. The van der Waals surface area contributed by atoms with E-state index in [0.29, 0.717) is 6.04 Å². The highest BCUT2D eigenvalue weighted by Crippen LogP contribution is 2.27. The number of hydrogen-bond acceptors (Lipinski definition) is 4. The second kappa shape index (κ2) is 4.92. The highest BCUT2D eigenvalue weighted by Gasteiger charge is 2.26. The minimum atomic E-state index is 0.583. The van der Waals surface area contributed by atoms with E-state index >= 15 is 0 Å². The maximum absolute atomic E-state index is 5.75. The van der Waals surface area contributed by atoms with E-state index in [-0.39, 0.29) is 0 Å². The van der Waals surface area contributed by atoms with Gasteiger partial charge in [0.1, 0.15) is 5.82 Å². The first-order valence-corrected chi connectivity index (χ1v) is 6.21. The van der Waals surface area contributed by atoms with E-state index in [1.165, 1.54) is 18.4 Å². The highest BCUT2D eigenvalue weighted by molar-refractivity contribution is 5.53. The van der Waals surface area contributed by atoms with E-state index in [0.717, 1.165) is 24.6 Å². The van der Waals surface area contributed by atoms with Crippen molar-refractivity contribution in [3.8, 4) is 0 Å². The van der Waals surface area contributed by atoms with E-state index in [9.17, 15) is 0 Å². The van der Waals surface area contributed by atoms with Gasteiger partial charge in [-0.3, -0.25) is 0 Å². The minimum Gasteiger partial charge on any atom is -0.397 e. The van der Waals surface area contributed by atoms with Crippen LogP contribution in [0.25, 0.3) is 0 Å². The number of nitrogens with two attached hydrogens (primary N) is 1. The number of hydrogen-bond donors (Lipinski definition) is 1. The third-order valence-corrected chi connectivity index (χ3v) is 3.30. The smallest absolute Gasteiger partial charge is 0.131 e. The fourth-order valence-electron chi connectivity index (χ4n) is 2.62. The van der Waals surface area contributed by atoms with E-state index < -0.39 is 0 Å². The minimum absolute atomic E-state index is 0.583. The molecule has 2 heterocycles. The molecule has 2 rings (SSSR count). The molecule has 4 nitrogen and oxygen atoms in total. The Labute approximate surface area is 103 Å². The Hall–Kier alpha value is -1.29. The first-order valence-electron chi connectivity index (χ1n) is 6.21. The van der Waals surface area contributed by atoms with Crippen molar-refractivity contribution < 1.29 is 0 Å². The topological polar surface area (TPSA) is 45.4 Å². The van der Waals surface area contributed by atoms with Crippen LogP contribution in [0.15, 0.2) is 12.3 Å². The molecule has 1 aromatic rings. The predicted octanol–water partition coefficient (Wildman–Crippen LogP) is 1.50. The van der Waals surface area contributed by atoms with Gasteiger partial charge < -0.3 is 15.5 Å². The number of aryl methyl sites for hydroxylation is 1. The lowest BCUT2D eigenvalue weighted by molar-refractivity contribution is 0.371. The van der Waals surface area contributed by atoms with Crippen molar-refractivity contribution in [2.75, 3.05) is 37.8 Å². The summed E-state index contributed by atoms with van der Waals surface area (Å²) in [4.78, 5) is 9.17. The second-order valence-corrected chi connectivity index (χ2v) is 5.16. The van der Waals surface area contributed by atoms with Gasteiger partial charge in [0.2, 0.25) is 0 Å². The highest BCUT2D eigenvalue weighted by atomic mass is 15.3. The predicted molar refractivity (Wildman–Crippen MR) is 72.3 cm³/mol. The summed E-state index contributed by atoms with van der Waals surface area (Å²) < 4.78 is 0. The van der Waals surface area contributed by atoms with Gasteiger partial charge in [-0.2, -0.15) is 0 Å². The molecule has 1 unspecified atom stereocenters. The van der Waals surface area contributed by atoms with Crippen LogP contribution in [-0.2, 0) is 0 Å². The lowest BCUT2D eigenvalue weighted by Gasteiger charge is -2.29. The molecular formula is C13H22N4. The third-order valence-electron chi connectivity index (χ3n) is 3.30. The van der Waals surface area contributed by atoms with Crippen molar-refractivity contribution in [2.45, 2.75) is 25.8 Å². The van der Waals surface area contributed by atoms with Gasteiger partial charge in [-0.15, -0.1) is 0 Å². The fraction of sp³-hybridized carbons (Fsp3) is 0.615. The van der Waals surface area contributed by atoms with Gasteiger partial charge in [0.15, 0.2) is 0 Å². The second-order valence-electron chi connectivity index (χ2n) is 5.16. The van der Waals surface area contributed by atoms with Gasteiger partial charge in [0, 0.05) is 19.1 Å². The molecule has 0 radical (unpaired) electrons. The van der Waals surface area contributed by atoms with Gasteiger partial charge in [-0.1, -0.05) is 0 Å². The summed E-state index contributed by atoms with van der Waals surface area (Å²) in [5.41, 5.74) is 7.67. The standard InChI is InChI=1S/C13H22N4/c1-10-7-11(14)8-15-13(10)17-6-4-5-12(17)9-16(2)3/h7-8,12H,4-6,9,14H2,1-3H3. The van der Waals surface area contributed by atoms with E-state index in [1.807, 2.05) is 6.07 Å². The molecule has 0 aromatic carbocycles. The summed E-state index contributed by atoms with van der Waals surface area (Å²) in [6.07, 6.45) is 4.26. The number of nitrogens with zero attached hydrogens (tertiary/aromatic N) is 3. The molecule has 1 aromatic heterocycles. The summed E-state index contributed by atoms with van der Waals surface area (Å²) in [6, 6.07) is 2.59. The molecule has 1 fully saturated rings. The molecule has 17 heavy (non-hydrogen) atoms. The Balaban J connectivity index is 2.20. The van der Waals surface area contributed by atoms with Crippen LogP contribution in [0, 0.1) is 6.92 Å². The fourth-order valence-corrected chi connectivity index (χ4v) is 2.62. The zero-order valence-electron chi connectivity index (χ0n) is 11.0. The van der Waals surface area contributed by atoms with Crippen molar-refractivity contribution in [1.29, 1.82) is 0 Å². The zero-order chi connectivity index (χ0) is 12.4. The molecule has 0 aliphatic carbocycles. The number of pyridine rings is 1. The molecule has 1 saturated heterocycles. The molecule has 1 atom stereocenters. The summed E-state index contributed by atoms with van der Waals surface area (Å²) in [5, 5.41) is 0. The summed E-state index contributed by atoms with van der Waals surface area (Å²) in [7, 11) is 4.25.